The number of hydrogen-bond acceptors (Lipinski definition) is 2. The predicted molar refractivity (Wildman–Crippen MR) is 90.3 cm³/mol. The normalized spacial score (nSPS) is 10.9. The van der Waals surface area contributed by atoms with E-state index in [0.717, 1.165) is 22.6 Å². The van der Waals surface area contributed by atoms with E-state index in [0.29, 0.717) is 5.88 Å². The second kappa shape index (κ2) is 6.55. The first-order chi connectivity index (χ1) is 10.7. The van der Waals surface area contributed by atoms with Crippen LogP contribution in [0.15, 0.2) is 59.5 Å². The molecular weight excluding hydrogens is 319 g/mol. The number of alkyl halides is 1. The van der Waals surface area contributed by atoms with Gasteiger partial charge in [0.1, 0.15) is 5.82 Å². The zero-order valence-electron chi connectivity index (χ0n) is 12.0. The largest absolute Gasteiger partial charge is 0.233 e. The lowest BCUT2D eigenvalue weighted by Crippen LogP contribution is -1.99. The molecule has 0 aliphatic heterocycles. The summed E-state index contributed by atoms with van der Waals surface area (Å²) in [5.41, 5.74) is 3.58. The molecule has 1 aromatic heterocycles. The maximum absolute atomic E-state index is 13.1. The molecule has 2 nitrogen and oxygen atoms in total. The minimum Gasteiger partial charge on any atom is -0.233 e. The molecule has 3 rings (SSSR count). The average molecular weight is 333 g/mol. The van der Waals surface area contributed by atoms with E-state index in [2.05, 4.69) is 29.4 Å². The molecule has 112 valence electrons. The number of aromatic nitrogens is 2. The van der Waals surface area contributed by atoms with Crippen LogP contribution in [0, 0.1) is 5.82 Å². The standard InChI is InChI=1S/C17H14ClFN2S/c1-22-16-8-2-12(3-9-16)17-10-14(11-18)20-21(17)15-6-4-13(19)5-7-15/h2-10H,11H2,1H3. The van der Waals surface area contributed by atoms with Gasteiger partial charge in [0.15, 0.2) is 0 Å². The number of hydrogen-bond donors (Lipinski definition) is 0. The summed E-state index contributed by atoms with van der Waals surface area (Å²) in [7, 11) is 0. The highest BCUT2D eigenvalue weighted by Crippen LogP contribution is 2.27. The molecule has 0 fully saturated rings. The van der Waals surface area contributed by atoms with Crippen molar-refractivity contribution < 1.29 is 4.39 Å². The minimum absolute atomic E-state index is 0.264. The molecule has 0 amide bonds. The van der Waals surface area contributed by atoms with E-state index < -0.39 is 0 Å². The third kappa shape index (κ3) is 3.03. The second-order valence-electron chi connectivity index (χ2n) is 4.77. The quantitative estimate of drug-likeness (QED) is 0.486. The van der Waals surface area contributed by atoms with Crippen LogP contribution in [-0.2, 0) is 5.88 Å². The van der Waals surface area contributed by atoms with Gasteiger partial charge in [-0.25, -0.2) is 9.07 Å². The Kier molecular flexibility index (Phi) is 4.50. The molecule has 0 saturated heterocycles. The molecular formula is C17H14ClFN2S. The SMILES string of the molecule is CSc1ccc(-c2cc(CCl)nn2-c2ccc(F)cc2)cc1. The molecule has 0 aliphatic rings. The summed E-state index contributed by atoms with van der Waals surface area (Å²) >= 11 is 7.62. The van der Waals surface area contributed by atoms with E-state index >= 15 is 0 Å². The Hall–Kier alpha value is -1.78. The van der Waals surface area contributed by atoms with Gasteiger partial charge in [-0.1, -0.05) is 12.1 Å². The molecule has 0 spiro atoms. The van der Waals surface area contributed by atoms with Gasteiger partial charge in [0.25, 0.3) is 0 Å². The first kappa shape index (κ1) is 15.1. The van der Waals surface area contributed by atoms with Crippen molar-refractivity contribution in [1.82, 2.24) is 9.78 Å². The smallest absolute Gasteiger partial charge is 0.123 e. The molecule has 3 aromatic rings. The van der Waals surface area contributed by atoms with E-state index in [1.165, 1.54) is 17.0 Å². The Bertz CT molecular complexity index is 766. The van der Waals surface area contributed by atoms with Crippen LogP contribution in [0.2, 0.25) is 0 Å². The van der Waals surface area contributed by atoms with E-state index in [-0.39, 0.29) is 5.82 Å². The zero-order chi connectivity index (χ0) is 15.5. The Morgan fingerprint density at radius 2 is 1.77 bits per heavy atom. The first-order valence-electron chi connectivity index (χ1n) is 6.76. The fourth-order valence-electron chi connectivity index (χ4n) is 2.24. The average Bonchev–Trinajstić information content (AvgIpc) is 3.00. The molecule has 0 bridgehead atoms. The molecule has 2 aromatic carbocycles. The fourth-order valence-corrected chi connectivity index (χ4v) is 2.78. The molecule has 0 aliphatic carbocycles. The van der Waals surface area contributed by atoms with Gasteiger partial charge < -0.3 is 0 Å². The third-order valence-electron chi connectivity index (χ3n) is 3.35. The molecule has 0 N–H and O–H groups in total. The van der Waals surface area contributed by atoms with Crippen LogP contribution >= 0.6 is 23.4 Å². The highest BCUT2D eigenvalue weighted by molar-refractivity contribution is 7.98. The maximum Gasteiger partial charge on any atom is 0.123 e. The number of nitrogens with zero attached hydrogens (tertiary/aromatic N) is 2. The van der Waals surface area contributed by atoms with Crippen molar-refractivity contribution in [2.24, 2.45) is 0 Å². The monoisotopic (exact) mass is 332 g/mol. The number of benzene rings is 2. The topological polar surface area (TPSA) is 17.8 Å². The highest BCUT2D eigenvalue weighted by atomic mass is 35.5. The van der Waals surface area contributed by atoms with Gasteiger partial charge in [-0.3, -0.25) is 0 Å². The van der Waals surface area contributed by atoms with E-state index in [9.17, 15) is 4.39 Å². The fraction of sp³-hybridized carbons (Fsp3) is 0.118. The second-order valence-corrected chi connectivity index (χ2v) is 5.92. The van der Waals surface area contributed by atoms with Gasteiger partial charge in [-0.2, -0.15) is 5.10 Å². The first-order valence-corrected chi connectivity index (χ1v) is 8.52. The van der Waals surface area contributed by atoms with Crippen LogP contribution in [0.4, 0.5) is 4.39 Å². The molecule has 22 heavy (non-hydrogen) atoms. The highest BCUT2D eigenvalue weighted by Gasteiger charge is 2.11. The molecule has 1 heterocycles. The third-order valence-corrected chi connectivity index (χ3v) is 4.37. The van der Waals surface area contributed by atoms with Crippen molar-refractivity contribution in [2.45, 2.75) is 10.8 Å². The number of thioether (sulfide) groups is 1. The van der Waals surface area contributed by atoms with Gasteiger partial charge in [0.05, 0.1) is 23.0 Å². The van der Waals surface area contributed by atoms with Crippen molar-refractivity contribution in [3.63, 3.8) is 0 Å². The summed E-state index contributed by atoms with van der Waals surface area (Å²) in [6.07, 6.45) is 2.05. The van der Waals surface area contributed by atoms with Crippen molar-refractivity contribution in [3.05, 3.63) is 66.1 Å². The summed E-state index contributed by atoms with van der Waals surface area (Å²) in [4.78, 5) is 1.20. The van der Waals surface area contributed by atoms with Crippen molar-refractivity contribution in [2.75, 3.05) is 6.26 Å². The van der Waals surface area contributed by atoms with Crippen LogP contribution in [0.1, 0.15) is 5.69 Å². The van der Waals surface area contributed by atoms with Crippen molar-refractivity contribution in [3.8, 4) is 16.9 Å². The Morgan fingerprint density at radius 3 is 2.36 bits per heavy atom. The van der Waals surface area contributed by atoms with Crippen molar-refractivity contribution in [1.29, 1.82) is 0 Å². The van der Waals surface area contributed by atoms with Crippen LogP contribution in [0.5, 0.6) is 0 Å². The van der Waals surface area contributed by atoms with Gasteiger partial charge in [-0.15, -0.1) is 23.4 Å². The number of halogens is 2. The molecule has 0 atom stereocenters. The lowest BCUT2D eigenvalue weighted by molar-refractivity contribution is 0.627. The van der Waals surface area contributed by atoms with Crippen LogP contribution in [0.25, 0.3) is 16.9 Å². The van der Waals surface area contributed by atoms with Crippen molar-refractivity contribution >= 4 is 23.4 Å². The Morgan fingerprint density at radius 1 is 1.09 bits per heavy atom. The van der Waals surface area contributed by atoms with E-state index in [1.807, 2.05) is 12.3 Å². The van der Waals surface area contributed by atoms with Crippen LogP contribution in [-0.4, -0.2) is 16.0 Å². The Balaban J connectivity index is 2.09. The molecule has 0 saturated carbocycles. The van der Waals surface area contributed by atoms with E-state index in [4.69, 9.17) is 11.6 Å². The van der Waals surface area contributed by atoms with Crippen LogP contribution < -0.4 is 0 Å². The van der Waals surface area contributed by atoms with Gasteiger partial charge in [0.2, 0.25) is 0 Å². The lowest BCUT2D eigenvalue weighted by atomic mass is 10.1. The summed E-state index contributed by atoms with van der Waals surface area (Å²) < 4.78 is 14.9. The summed E-state index contributed by atoms with van der Waals surface area (Å²) in [6, 6.07) is 16.5. The molecule has 5 heteroatoms. The summed E-state index contributed by atoms with van der Waals surface area (Å²) in [5, 5.41) is 4.50. The maximum atomic E-state index is 13.1. The Labute approximate surface area is 137 Å². The van der Waals surface area contributed by atoms with E-state index in [1.54, 1.807) is 28.6 Å². The molecule has 0 radical (unpaired) electrons. The zero-order valence-corrected chi connectivity index (χ0v) is 13.5. The minimum atomic E-state index is -0.264. The number of rotatable bonds is 4. The van der Waals surface area contributed by atoms with Crippen LogP contribution in [0.3, 0.4) is 0 Å². The molecule has 0 unspecified atom stereocenters. The summed E-state index contributed by atoms with van der Waals surface area (Å²) in [5.74, 6) is 0.0729. The van der Waals surface area contributed by atoms with Gasteiger partial charge in [0, 0.05) is 10.5 Å². The summed E-state index contributed by atoms with van der Waals surface area (Å²) in [6.45, 7) is 0. The van der Waals surface area contributed by atoms with Gasteiger partial charge in [-0.05, 0) is 48.7 Å². The predicted octanol–water partition coefficient (Wildman–Crippen LogP) is 5.14. The van der Waals surface area contributed by atoms with Gasteiger partial charge >= 0.3 is 0 Å². The lowest BCUT2D eigenvalue weighted by Gasteiger charge is -2.08.